The molecule has 17 heavy (non-hydrogen) atoms. The van der Waals surface area contributed by atoms with Crippen molar-refractivity contribution in [1.29, 1.82) is 0 Å². The van der Waals surface area contributed by atoms with Crippen LogP contribution in [0.25, 0.3) is 0 Å². The van der Waals surface area contributed by atoms with E-state index in [0.717, 1.165) is 25.1 Å². The maximum absolute atomic E-state index is 9.62. The van der Waals surface area contributed by atoms with Crippen LogP contribution in [0.15, 0.2) is 18.3 Å². The second-order valence-electron chi connectivity index (χ2n) is 5.32. The van der Waals surface area contributed by atoms with Crippen LogP contribution in [0.4, 0.5) is 5.69 Å². The van der Waals surface area contributed by atoms with Gasteiger partial charge in [0.05, 0.1) is 18.0 Å². The van der Waals surface area contributed by atoms with Gasteiger partial charge in [-0.25, -0.2) is 0 Å². The van der Waals surface area contributed by atoms with Crippen LogP contribution < -0.4 is 4.90 Å². The summed E-state index contributed by atoms with van der Waals surface area (Å²) >= 11 is 0. The highest BCUT2D eigenvalue weighted by molar-refractivity contribution is 5.46. The third-order valence-electron chi connectivity index (χ3n) is 3.54. The van der Waals surface area contributed by atoms with Gasteiger partial charge in [0.25, 0.3) is 0 Å². The number of hydrogen-bond donors (Lipinski definition) is 1. The molecule has 1 aliphatic heterocycles. The molecule has 1 aromatic heterocycles. The standard InChI is InChI=1S/C14H22N2O/c1-10(2)14-5-4-12(9-15-14)16-7-6-13(17)8-11(16)3/h4-5,9-11,13,17H,6-8H2,1-3H3/t11-,13-/m0/s1. The van der Waals surface area contributed by atoms with Crippen LogP contribution in [0, 0.1) is 0 Å². The summed E-state index contributed by atoms with van der Waals surface area (Å²) < 4.78 is 0. The lowest BCUT2D eigenvalue weighted by atomic mass is 10.00. The predicted octanol–water partition coefficient (Wildman–Crippen LogP) is 2.55. The maximum atomic E-state index is 9.62. The van der Waals surface area contributed by atoms with E-state index in [1.54, 1.807) is 0 Å². The lowest BCUT2D eigenvalue weighted by molar-refractivity contribution is 0.131. The fourth-order valence-electron chi connectivity index (χ4n) is 2.44. The Hall–Kier alpha value is -1.09. The number of aliphatic hydroxyl groups excluding tert-OH is 1. The van der Waals surface area contributed by atoms with E-state index < -0.39 is 0 Å². The maximum Gasteiger partial charge on any atom is 0.0576 e. The molecule has 2 rings (SSSR count). The fourth-order valence-corrected chi connectivity index (χ4v) is 2.44. The number of rotatable bonds is 2. The summed E-state index contributed by atoms with van der Waals surface area (Å²) in [6, 6.07) is 4.65. The summed E-state index contributed by atoms with van der Waals surface area (Å²) in [4.78, 5) is 6.84. The van der Waals surface area contributed by atoms with Crippen molar-refractivity contribution in [2.45, 2.75) is 51.7 Å². The van der Waals surface area contributed by atoms with E-state index in [1.807, 2.05) is 6.20 Å². The molecule has 0 aromatic carbocycles. The van der Waals surface area contributed by atoms with E-state index in [2.05, 4.69) is 42.8 Å². The molecular weight excluding hydrogens is 212 g/mol. The number of aliphatic hydroxyl groups is 1. The molecule has 0 amide bonds. The van der Waals surface area contributed by atoms with Gasteiger partial charge < -0.3 is 10.0 Å². The SMILES string of the molecule is CC(C)c1ccc(N2CC[C@H](O)C[C@@H]2C)cn1. The predicted molar refractivity (Wildman–Crippen MR) is 70.4 cm³/mol. The van der Waals surface area contributed by atoms with Gasteiger partial charge in [0.2, 0.25) is 0 Å². The molecule has 1 saturated heterocycles. The lowest BCUT2D eigenvalue weighted by Gasteiger charge is -2.37. The zero-order valence-corrected chi connectivity index (χ0v) is 10.9. The van der Waals surface area contributed by atoms with E-state index in [9.17, 15) is 5.11 Å². The Morgan fingerprint density at radius 3 is 2.71 bits per heavy atom. The van der Waals surface area contributed by atoms with Gasteiger partial charge in [-0.05, 0) is 37.8 Å². The molecule has 1 N–H and O–H groups in total. The normalized spacial score (nSPS) is 25.4. The summed E-state index contributed by atoms with van der Waals surface area (Å²) in [5.74, 6) is 0.477. The molecule has 0 unspecified atom stereocenters. The number of hydrogen-bond acceptors (Lipinski definition) is 3. The Bertz CT molecular complexity index is 361. The first-order valence-electron chi connectivity index (χ1n) is 6.48. The highest BCUT2D eigenvalue weighted by Gasteiger charge is 2.24. The highest BCUT2D eigenvalue weighted by Crippen LogP contribution is 2.25. The largest absolute Gasteiger partial charge is 0.393 e. The smallest absolute Gasteiger partial charge is 0.0576 e. The van der Waals surface area contributed by atoms with Crippen molar-refractivity contribution in [3.63, 3.8) is 0 Å². The van der Waals surface area contributed by atoms with Gasteiger partial charge in [-0.3, -0.25) is 4.98 Å². The zero-order chi connectivity index (χ0) is 12.4. The second kappa shape index (κ2) is 5.05. The minimum Gasteiger partial charge on any atom is -0.393 e. The highest BCUT2D eigenvalue weighted by atomic mass is 16.3. The van der Waals surface area contributed by atoms with E-state index >= 15 is 0 Å². The van der Waals surface area contributed by atoms with E-state index in [4.69, 9.17) is 0 Å². The van der Waals surface area contributed by atoms with Crippen LogP contribution in [-0.2, 0) is 0 Å². The van der Waals surface area contributed by atoms with Crippen molar-refractivity contribution < 1.29 is 5.11 Å². The number of anilines is 1. The Morgan fingerprint density at radius 2 is 2.18 bits per heavy atom. The van der Waals surface area contributed by atoms with Crippen LogP contribution in [0.3, 0.4) is 0 Å². The molecule has 0 radical (unpaired) electrons. The summed E-state index contributed by atoms with van der Waals surface area (Å²) in [5, 5.41) is 9.62. The third-order valence-corrected chi connectivity index (χ3v) is 3.54. The summed E-state index contributed by atoms with van der Waals surface area (Å²) in [6.07, 6.45) is 3.54. The monoisotopic (exact) mass is 234 g/mol. The quantitative estimate of drug-likeness (QED) is 0.854. The van der Waals surface area contributed by atoms with Crippen molar-refractivity contribution >= 4 is 5.69 Å². The summed E-state index contributed by atoms with van der Waals surface area (Å²) in [6.45, 7) is 7.40. The van der Waals surface area contributed by atoms with Crippen molar-refractivity contribution in [2.75, 3.05) is 11.4 Å². The Morgan fingerprint density at radius 1 is 1.41 bits per heavy atom. The Kier molecular flexibility index (Phi) is 3.67. The van der Waals surface area contributed by atoms with Gasteiger partial charge in [0.1, 0.15) is 0 Å². The molecule has 2 atom stereocenters. The Balaban J connectivity index is 2.11. The van der Waals surface area contributed by atoms with Gasteiger partial charge in [0.15, 0.2) is 0 Å². The van der Waals surface area contributed by atoms with Crippen LogP contribution in [-0.4, -0.2) is 28.8 Å². The molecule has 3 heteroatoms. The van der Waals surface area contributed by atoms with Gasteiger partial charge in [0, 0.05) is 18.3 Å². The zero-order valence-electron chi connectivity index (χ0n) is 10.9. The van der Waals surface area contributed by atoms with Gasteiger partial charge >= 0.3 is 0 Å². The first-order chi connectivity index (χ1) is 8.08. The lowest BCUT2D eigenvalue weighted by Crippen LogP contribution is -2.42. The fraction of sp³-hybridized carbons (Fsp3) is 0.643. The van der Waals surface area contributed by atoms with Gasteiger partial charge in [-0.2, -0.15) is 0 Å². The molecule has 0 bridgehead atoms. The molecule has 3 nitrogen and oxygen atoms in total. The van der Waals surface area contributed by atoms with E-state index in [-0.39, 0.29) is 6.10 Å². The van der Waals surface area contributed by atoms with Crippen molar-refractivity contribution in [2.24, 2.45) is 0 Å². The van der Waals surface area contributed by atoms with Crippen molar-refractivity contribution in [3.8, 4) is 0 Å². The molecule has 0 aliphatic carbocycles. The molecular formula is C14H22N2O. The molecule has 1 aliphatic rings. The molecule has 2 heterocycles. The van der Waals surface area contributed by atoms with Crippen molar-refractivity contribution in [3.05, 3.63) is 24.0 Å². The number of piperidine rings is 1. The van der Waals surface area contributed by atoms with Crippen LogP contribution in [0.2, 0.25) is 0 Å². The minimum absolute atomic E-state index is 0.135. The summed E-state index contributed by atoms with van der Waals surface area (Å²) in [5.41, 5.74) is 2.31. The first kappa shape index (κ1) is 12.4. The molecule has 0 spiro atoms. The average Bonchev–Trinajstić information content (AvgIpc) is 2.29. The summed E-state index contributed by atoms with van der Waals surface area (Å²) in [7, 11) is 0. The number of pyridine rings is 1. The number of aromatic nitrogens is 1. The topological polar surface area (TPSA) is 36.4 Å². The van der Waals surface area contributed by atoms with Gasteiger partial charge in [-0.15, -0.1) is 0 Å². The molecule has 1 aromatic rings. The minimum atomic E-state index is -0.135. The molecule has 1 fully saturated rings. The van der Waals surface area contributed by atoms with Crippen LogP contribution in [0.5, 0.6) is 0 Å². The molecule has 0 saturated carbocycles. The third kappa shape index (κ3) is 2.78. The Labute approximate surface area is 103 Å². The van der Waals surface area contributed by atoms with Crippen LogP contribution >= 0.6 is 0 Å². The second-order valence-corrected chi connectivity index (χ2v) is 5.32. The van der Waals surface area contributed by atoms with Crippen molar-refractivity contribution in [1.82, 2.24) is 4.98 Å². The van der Waals surface area contributed by atoms with Crippen LogP contribution in [0.1, 0.15) is 45.2 Å². The number of nitrogens with zero attached hydrogens (tertiary/aromatic N) is 2. The first-order valence-corrected chi connectivity index (χ1v) is 6.48. The van der Waals surface area contributed by atoms with E-state index in [0.29, 0.717) is 12.0 Å². The van der Waals surface area contributed by atoms with Gasteiger partial charge in [-0.1, -0.05) is 13.8 Å². The molecule has 94 valence electrons. The average molecular weight is 234 g/mol. The van der Waals surface area contributed by atoms with E-state index in [1.165, 1.54) is 5.69 Å².